The molecule has 0 aromatic carbocycles. The molecule has 1 saturated heterocycles. The van der Waals surface area contributed by atoms with Crippen molar-refractivity contribution in [3.05, 3.63) is 11.6 Å². The molecule has 7 heteroatoms. The number of carbonyl (C=O) groups excluding carboxylic acids is 1. The van der Waals surface area contributed by atoms with E-state index >= 15 is 0 Å². The van der Waals surface area contributed by atoms with Crippen molar-refractivity contribution in [3.63, 3.8) is 0 Å². The minimum Gasteiger partial charge on any atom is -0.388 e. The predicted molar refractivity (Wildman–Crippen MR) is 93.0 cm³/mol. The highest BCUT2D eigenvalue weighted by Crippen LogP contribution is 2.44. The lowest BCUT2D eigenvalue weighted by atomic mass is 9.89. The molecule has 0 spiro atoms. The average molecular weight is 347 g/mol. The van der Waals surface area contributed by atoms with Crippen LogP contribution in [0.2, 0.25) is 0 Å². The van der Waals surface area contributed by atoms with E-state index in [1.165, 1.54) is 31.5 Å². The molecule has 1 amide bonds. The van der Waals surface area contributed by atoms with E-state index in [-0.39, 0.29) is 12.3 Å². The molecule has 4 rings (SSSR count). The molecule has 0 bridgehead atoms. The Morgan fingerprint density at radius 2 is 2.04 bits per heavy atom. The first-order valence-corrected chi connectivity index (χ1v) is 9.54. The summed E-state index contributed by atoms with van der Waals surface area (Å²) in [4.78, 5) is 15.8. The summed E-state index contributed by atoms with van der Waals surface area (Å²) in [6, 6.07) is 0.583. The Labute approximate surface area is 149 Å². The largest absolute Gasteiger partial charge is 0.388 e. The van der Waals surface area contributed by atoms with Crippen LogP contribution in [0.3, 0.4) is 0 Å². The maximum absolute atomic E-state index is 12.0. The number of hydrogen-bond acceptors (Lipinski definition) is 5. The van der Waals surface area contributed by atoms with Crippen LogP contribution in [0.4, 0.5) is 0 Å². The lowest BCUT2D eigenvalue weighted by Crippen LogP contribution is -2.50. The zero-order chi connectivity index (χ0) is 17.6. The van der Waals surface area contributed by atoms with Crippen molar-refractivity contribution in [2.24, 2.45) is 0 Å². The fourth-order valence-electron chi connectivity index (χ4n) is 3.92. The Kier molecular flexibility index (Phi) is 4.32. The van der Waals surface area contributed by atoms with Gasteiger partial charge in [-0.25, -0.2) is 0 Å². The molecule has 2 heterocycles. The van der Waals surface area contributed by atoms with Crippen LogP contribution in [0.5, 0.6) is 0 Å². The van der Waals surface area contributed by atoms with Crippen LogP contribution in [-0.4, -0.2) is 68.4 Å². The van der Waals surface area contributed by atoms with Crippen LogP contribution in [-0.2, 0) is 11.3 Å². The highest BCUT2D eigenvalue weighted by molar-refractivity contribution is 5.76. The zero-order valence-electron chi connectivity index (χ0n) is 15.3. The van der Waals surface area contributed by atoms with Crippen molar-refractivity contribution < 1.29 is 9.90 Å². The van der Waals surface area contributed by atoms with Gasteiger partial charge in [-0.15, -0.1) is 10.2 Å². The molecule has 7 nitrogen and oxygen atoms in total. The molecule has 3 fully saturated rings. The zero-order valence-corrected chi connectivity index (χ0v) is 15.3. The predicted octanol–water partition coefficient (Wildman–Crippen LogP) is 1.30. The number of nitrogens with zero attached hydrogens (tertiary/aromatic N) is 5. The topological polar surface area (TPSA) is 74.5 Å². The van der Waals surface area contributed by atoms with Crippen molar-refractivity contribution in [1.29, 1.82) is 0 Å². The Bertz CT molecular complexity index is 650. The molecule has 138 valence electrons. The second kappa shape index (κ2) is 6.36. The molecule has 1 aromatic rings. The van der Waals surface area contributed by atoms with Crippen LogP contribution in [0.15, 0.2) is 0 Å². The quantitative estimate of drug-likeness (QED) is 0.839. The lowest BCUT2D eigenvalue weighted by molar-refractivity contribution is -0.136. The molecule has 2 saturated carbocycles. The summed E-state index contributed by atoms with van der Waals surface area (Å²) < 4.78 is 2.37. The van der Waals surface area contributed by atoms with E-state index in [1.807, 2.05) is 0 Å². The third kappa shape index (κ3) is 3.72. The molecule has 0 radical (unpaired) electrons. The number of hydrogen-bond donors (Lipinski definition) is 1. The molecule has 3 aliphatic rings. The van der Waals surface area contributed by atoms with Gasteiger partial charge in [-0.3, -0.25) is 9.69 Å². The molecular formula is C18H29N5O2. The summed E-state index contributed by atoms with van der Waals surface area (Å²) in [6.45, 7) is 2.19. The first kappa shape index (κ1) is 17.0. The van der Waals surface area contributed by atoms with Gasteiger partial charge in [-0.1, -0.05) is 0 Å². The van der Waals surface area contributed by atoms with E-state index in [0.29, 0.717) is 31.5 Å². The highest BCUT2D eigenvalue weighted by atomic mass is 16.3. The summed E-state index contributed by atoms with van der Waals surface area (Å²) >= 11 is 0. The fourth-order valence-corrected chi connectivity index (χ4v) is 3.92. The monoisotopic (exact) mass is 347 g/mol. The van der Waals surface area contributed by atoms with Crippen LogP contribution in [0.1, 0.15) is 68.6 Å². The normalized spacial score (nSPS) is 27.5. The number of β-amino-alcohol motifs (C(OH)–C–C–N with tert-alkyl or cyclic N) is 1. The molecule has 1 aromatic heterocycles. The molecule has 1 atom stereocenters. The first-order chi connectivity index (χ1) is 12.0. The Morgan fingerprint density at radius 1 is 1.28 bits per heavy atom. The molecule has 25 heavy (non-hydrogen) atoms. The fraction of sp³-hybridized carbons (Fsp3) is 0.833. The van der Waals surface area contributed by atoms with Gasteiger partial charge < -0.3 is 14.6 Å². The SMILES string of the molecule is CN(C)C(=O)CC1(O)CCCN(Cc2nnc(C3CC3)n2C2CC2)C1. The number of carbonyl (C=O) groups is 1. The molecule has 1 aliphatic heterocycles. The molecular weight excluding hydrogens is 318 g/mol. The van der Waals surface area contributed by atoms with E-state index in [0.717, 1.165) is 18.8 Å². The van der Waals surface area contributed by atoms with Crippen LogP contribution in [0, 0.1) is 0 Å². The number of aromatic nitrogens is 3. The molecule has 1 unspecified atom stereocenters. The molecule has 2 aliphatic carbocycles. The van der Waals surface area contributed by atoms with Gasteiger partial charge in [0.05, 0.1) is 18.6 Å². The van der Waals surface area contributed by atoms with Gasteiger partial charge in [-0.05, 0) is 45.1 Å². The Balaban J connectivity index is 1.45. The van der Waals surface area contributed by atoms with Gasteiger partial charge in [0.25, 0.3) is 0 Å². The second-order valence-corrected chi connectivity index (χ2v) is 8.35. The third-order valence-electron chi connectivity index (χ3n) is 5.63. The van der Waals surface area contributed by atoms with E-state index in [1.54, 1.807) is 19.0 Å². The smallest absolute Gasteiger partial charge is 0.224 e. The van der Waals surface area contributed by atoms with Crippen molar-refractivity contribution in [3.8, 4) is 0 Å². The van der Waals surface area contributed by atoms with Crippen molar-refractivity contribution in [1.82, 2.24) is 24.6 Å². The van der Waals surface area contributed by atoms with Gasteiger partial charge in [0.2, 0.25) is 5.91 Å². The van der Waals surface area contributed by atoms with Gasteiger partial charge in [0.1, 0.15) is 11.6 Å². The lowest BCUT2D eigenvalue weighted by Gasteiger charge is -2.39. The summed E-state index contributed by atoms with van der Waals surface area (Å²) in [5.41, 5.74) is -0.927. The highest BCUT2D eigenvalue weighted by Gasteiger charge is 2.39. The van der Waals surface area contributed by atoms with Gasteiger partial charge >= 0.3 is 0 Å². The number of piperidine rings is 1. The van der Waals surface area contributed by atoms with Crippen molar-refractivity contribution >= 4 is 5.91 Å². The summed E-state index contributed by atoms with van der Waals surface area (Å²) in [5, 5.41) is 19.9. The minimum absolute atomic E-state index is 0.0125. The van der Waals surface area contributed by atoms with E-state index < -0.39 is 5.60 Å². The number of likely N-dealkylation sites (tertiary alicyclic amines) is 1. The van der Waals surface area contributed by atoms with Gasteiger partial charge in [0.15, 0.2) is 0 Å². The second-order valence-electron chi connectivity index (χ2n) is 8.35. The van der Waals surface area contributed by atoms with Gasteiger partial charge in [-0.2, -0.15) is 0 Å². The standard InChI is InChI=1S/C18H29N5O2/c1-21(2)16(24)10-18(25)8-3-9-22(12-18)11-15-19-20-17(13-4-5-13)23(15)14-6-7-14/h13-14,25H,3-12H2,1-2H3. The van der Waals surface area contributed by atoms with E-state index in [9.17, 15) is 9.90 Å². The maximum Gasteiger partial charge on any atom is 0.224 e. The van der Waals surface area contributed by atoms with Crippen LogP contribution < -0.4 is 0 Å². The maximum atomic E-state index is 12.0. The molecule has 1 N–H and O–H groups in total. The Hall–Kier alpha value is -1.47. The number of aliphatic hydroxyl groups is 1. The first-order valence-electron chi connectivity index (χ1n) is 9.54. The van der Waals surface area contributed by atoms with Crippen LogP contribution >= 0.6 is 0 Å². The number of rotatable bonds is 6. The van der Waals surface area contributed by atoms with E-state index in [2.05, 4.69) is 19.7 Å². The van der Waals surface area contributed by atoms with Crippen molar-refractivity contribution in [2.45, 2.75) is 69.1 Å². The van der Waals surface area contributed by atoms with Crippen LogP contribution in [0.25, 0.3) is 0 Å². The Morgan fingerprint density at radius 3 is 2.68 bits per heavy atom. The van der Waals surface area contributed by atoms with E-state index in [4.69, 9.17) is 0 Å². The summed E-state index contributed by atoms with van der Waals surface area (Å²) in [7, 11) is 3.48. The number of amides is 1. The average Bonchev–Trinajstić information content (AvgIpc) is 3.46. The summed E-state index contributed by atoms with van der Waals surface area (Å²) in [6.07, 6.45) is 6.72. The van der Waals surface area contributed by atoms with Gasteiger partial charge in [0, 0.05) is 32.6 Å². The summed E-state index contributed by atoms with van der Waals surface area (Å²) in [5.74, 6) is 2.81. The minimum atomic E-state index is -0.927. The van der Waals surface area contributed by atoms with Crippen molar-refractivity contribution in [2.75, 3.05) is 27.2 Å². The third-order valence-corrected chi connectivity index (χ3v) is 5.63.